The van der Waals surface area contributed by atoms with Crippen LogP contribution >= 0.6 is 0 Å². The Morgan fingerprint density at radius 1 is 0.706 bits per heavy atom. The molecule has 0 bridgehead atoms. The number of hydrogen-bond donors (Lipinski definition) is 3. The van der Waals surface area contributed by atoms with Crippen LogP contribution in [0.3, 0.4) is 0 Å². The Bertz CT molecular complexity index is 559. The minimum Gasteiger partial charge on any atom is -0.508 e. The number of aromatic hydroxyl groups is 3. The molecule has 3 heteroatoms. The Morgan fingerprint density at radius 2 is 1.35 bits per heavy atom. The zero-order valence-corrected chi connectivity index (χ0v) is 9.04. The van der Waals surface area contributed by atoms with Crippen LogP contribution in [0.5, 0.6) is 17.2 Å². The summed E-state index contributed by atoms with van der Waals surface area (Å²) in [5.74, 6) is 0.195. The first-order chi connectivity index (χ1) is 8.16. The lowest BCUT2D eigenvalue weighted by Crippen LogP contribution is -1.76. The van der Waals surface area contributed by atoms with Gasteiger partial charge in [-0.3, -0.25) is 0 Å². The second kappa shape index (κ2) is 4.61. The van der Waals surface area contributed by atoms with Crippen LogP contribution in [0.25, 0.3) is 12.2 Å². The fourth-order valence-corrected chi connectivity index (χ4v) is 1.48. The van der Waals surface area contributed by atoms with Crippen LogP contribution < -0.4 is 0 Å². The highest BCUT2D eigenvalue weighted by Crippen LogP contribution is 2.25. The van der Waals surface area contributed by atoms with Crippen LogP contribution in [-0.4, -0.2) is 15.3 Å². The highest BCUT2D eigenvalue weighted by molar-refractivity contribution is 5.74. The lowest BCUT2D eigenvalue weighted by molar-refractivity contribution is 0.450. The molecule has 0 fully saturated rings. The zero-order valence-electron chi connectivity index (χ0n) is 9.04. The van der Waals surface area contributed by atoms with Crippen LogP contribution in [-0.2, 0) is 0 Å². The molecule has 0 aliphatic rings. The Hall–Kier alpha value is -2.42. The topological polar surface area (TPSA) is 60.7 Å². The summed E-state index contributed by atoms with van der Waals surface area (Å²) in [7, 11) is 0. The SMILES string of the molecule is Oc1ccc(/C=C/c2ccccc2O)c(O)c1. The van der Waals surface area contributed by atoms with Crippen LogP contribution in [0.1, 0.15) is 11.1 Å². The van der Waals surface area contributed by atoms with E-state index in [1.807, 2.05) is 6.07 Å². The van der Waals surface area contributed by atoms with Crippen molar-refractivity contribution in [3.63, 3.8) is 0 Å². The predicted octanol–water partition coefficient (Wildman–Crippen LogP) is 2.97. The van der Waals surface area contributed by atoms with Crippen molar-refractivity contribution < 1.29 is 15.3 Å². The maximum Gasteiger partial charge on any atom is 0.126 e. The Labute approximate surface area is 98.9 Å². The van der Waals surface area contributed by atoms with Crippen molar-refractivity contribution in [3.8, 4) is 17.2 Å². The minimum atomic E-state index is -0.00308. The van der Waals surface area contributed by atoms with Gasteiger partial charge < -0.3 is 15.3 Å². The first-order valence-electron chi connectivity index (χ1n) is 5.15. The molecular weight excluding hydrogens is 216 g/mol. The van der Waals surface area contributed by atoms with E-state index in [9.17, 15) is 10.2 Å². The predicted molar refractivity (Wildman–Crippen MR) is 66.8 cm³/mol. The van der Waals surface area contributed by atoms with E-state index in [-0.39, 0.29) is 17.2 Å². The molecule has 86 valence electrons. The molecule has 17 heavy (non-hydrogen) atoms. The van der Waals surface area contributed by atoms with E-state index in [0.717, 1.165) is 0 Å². The van der Waals surface area contributed by atoms with E-state index in [1.165, 1.54) is 12.1 Å². The Morgan fingerprint density at radius 3 is 2.00 bits per heavy atom. The zero-order chi connectivity index (χ0) is 12.3. The van der Waals surface area contributed by atoms with Gasteiger partial charge in [0.1, 0.15) is 17.2 Å². The molecule has 0 saturated carbocycles. The van der Waals surface area contributed by atoms with Gasteiger partial charge in [0.15, 0.2) is 0 Å². The average molecular weight is 228 g/mol. The normalized spacial score (nSPS) is 10.8. The molecule has 0 aliphatic carbocycles. The monoisotopic (exact) mass is 228 g/mol. The van der Waals surface area contributed by atoms with Gasteiger partial charge in [-0.15, -0.1) is 0 Å². The average Bonchev–Trinajstić information content (AvgIpc) is 2.30. The van der Waals surface area contributed by atoms with E-state index < -0.39 is 0 Å². The number of rotatable bonds is 2. The molecule has 0 radical (unpaired) electrons. The summed E-state index contributed by atoms with van der Waals surface area (Å²) in [5, 5.41) is 28.3. The van der Waals surface area contributed by atoms with Gasteiger partial charge >= 0.3 is 0 Å². The molecule has 0 saturated heterocycles. The third kappa shape index (κ3) is 2.58. The van der Waals surface area contributed by atoms with E-state index in [2.05, 4.69) is 0 Å². The lowest BCUT2D eigenvalue weighted by atomic mass is 10.1. The quantitative estimate of drug-likeness (QED) is 0.692. The largest absolute Gasteiger partial charge is 0.508 e. The highest BCUT2D eigenvalue weighted by Gasteiger charge is 1.99. The van der Waals surface area contributed by atoms with Crippen molar-refractivity contribution >= 4 is 12.2 Å². The standard InChI is InChI=1S/C14H12O3/c15-12-8-7-11(14(17)9-12)6-5-10-3-1-2-4-13(10)16/h1-9,15-17H/b6-5+. The molecule has 0 aliphatic heterocycles. The maximum atomic E-state index is 9.56. The summed E-state index contributed by atoms with van der Waals surface area (Å²) >= 11 is 0. The Kier molecular flexibility index (Phi) is 3.01. The van der Waals surface area contributed by atoms with Crippen LogP contribution in [0.15, 0.2) is 42.5 Å². The van der Waals surface area contributed by atoms with Crippen molar-refractivity contribution in [2.24, 2.45) is 0 Å². The second-order valence-corrected chi connectivity index (χ2v) is 3.64. The van der Waals surface area contributed by atoms with Crippen LogP contribution in [0.4, 0.5) is 0 Å². The summed E-state index contributed by atoms with van der Waals surface area (Å²) in [6.45, 7) is 0. The highest BCUT2D eigenvalue weighted by atomic mass is 16.3. The number of hydrogen-bond acceptors (Lipinski definition) is 3. The minimum absolute atomic E-state index is 0.00308. The van der Waals surface area contributed by atoms with Gasteiger partial charge in [-0.05, 0) is 18.2 Å². The molecule has 0 amide bonds. The van der Waals surface area contributed by atoms with Gasteiger partial charge in [-0.25, -0.2) is 0 Å². The fraction of sp³-hybridized carbons (Fsp3) is 0. The number of phenols is 3. The van der Waals surface area contributed by atoms with Gasteiger partial charge in [0, 0.05) is 17.2 Å². The summed E-state index contributed by atoms with van der Waals surface area (Å²) in [6, 6.07) is 11.3. The van der Waals surface area contributed by atoms with Gasteiger partial charge in [-0.1, -0.05) is 30.4 Å². The maximum absolute atomic E-state index is 9.56. The summed E-state index contributed by atoms with van der Waals surface area (Å²) in [4.78, 5) is 0. The smallest absolute Gasteiger partial charge is 0.126 e. The summed E-state index contributed by atoms with van der Waals surface area (Å²) < 4.78 is 0. The van der Waals surface area contributed by atoms with Crippen LogP contribution in [0.2, 0.25) is 0 Å². The second-order valence-electron chi connectivity index (χ2n) is 3.64. The third-order valence-electron chi connectivity index (χ3n) is 2.39. The first kappa shape index (κ1) is 11.1. The molecule has 2 rings (SSSR count). The van der Waals surface area contributed by atoms with Crippen molar-refractivity contribution in [1.29, 1.82) is 0 Å². The number of phenolic OH excluding ortho intramolecular Hbond substituents is 3. The number of benzene rings is 2. The van der Waals surface area contributed by atoms with Gasteiger partial charge in [0.25, 0.3) is 0 Å². The van der Waals surface area contributed by atoms with Crippen LogP contribution in [0, 0.1) is 0 Å². The lowest BCUT2D eigenvalue weighted by Gasteiger charge is -2.00. The third-order valence-corrected chi connectivity index (χ3v) is 2.39. The molecule has 2 aromatic rings. The molecule has 0 atom stereocenters. The van der Waals surface area contributed by atoms with Gasteiger partial charge in [0.05, 0.1) is 0 Å². The molecule has 2 aromatic carbocycles. The first-order valence-corrected chi connectivity index (χ1v) is 5.15. The van der Waals surface area contributed by atoms with E-state index >= 15 is 0 Å². The number of para-hydroxylation sites is 1. The van der Waals surface area contributed by atoms with E-state index in [0.29, 0.717) is 11.1 Å². The molecule has 0 heterocycles. The molecule has 0 aromatic heterocycles. The molecule has 0 unspecified atom stereocenters. The Balaban J connectivity index is 2.29. The molecule has 0 spiro atoms. The van der Waals surface area contributed by atoms with Gasteiger partial charge in [-0.2, -0.15) is 0 Å². The summed E-state index contributed by atoms with van der Waals surface area (Å²) in [5.41, 5.74) is 1.24. The van der Waals surface area contributed by atoms with Crippen molar-refractivity contribution in [3.05, 3.63) is 53.6 Å². The fourth-order valence-electron chi connectivity index (χ4n) is 1.48. The van der Waals surface area contributed by atoms with E-state index in [1.54, 1.807) is 36.4 Å². The molecule has 3 nitrogen and oxygen atoms in total. The molecular formula is C14H12O3. The summed E-state index contributed by atoms with van der Waals surface area (Å²) in [6.07, 6.45) is 3.37. The van der Waals surface area contributed by atoms with E-state index in [4.69, 9.17) is 5.11 Å². The van der Waals surface area contributed by atoms with Gasteiger partial charge in [0.2, 0.25) is 0 Å². The van der Waals surface area contributed by atoms with Crippen molar-refractivity contribution in [1.82, 2.24) is 0 Å². The van der Waals surface area contributed by atoms with Crippen molar-refractivity contribution in [2.75, 3.05) is 0 Å². The van der Waals surface area contributed by atoms with Crippen molar-refractivity contribution in [2.45, 2.75) is 0 Å². The molecule has 3 N–H and O–H groups in total.